The summed E-state index contributed by atoms with van der Waals surface area (Å²) >= 11 is 0. The number of nitrogens with zero attached hydrogens (tertiary/aromatic N) is 4. The van der Waals surface area contributed by atoms with Crippen LogP contribution in [0.4, 0.5) is 0 Å². The molecule has 9 nitrogen and oxygen atoms in total. The molecule has 4 rings (SSSR count). The zero-order valence-corrected chi connectivity index (χ0v) is 18.7. The SMILES string of the molecule is Cc1noc(C)c1S(=O)(=O)N1CCCN(C(=O)c2ccc(Oc3cccnc3)cc2)CC1. The lowest BCUT2D eigenvalue weighted by molar-refractivity contribution is 0.0764. The van der Waals surface area contributed by atoms with Gasteiger partial charge in [-0.15, -0.1) is 0 Å². The highest BCUT2D eigenvalue weighted by Gasteiger charge is 2.33. The minimum atomic E-state index is -3.74. The Morgan fingerprint density at radius 2 is 1.81 bits per heavy atom. The van der Waals surface area contributed by atoms with E-state index in [1.54, 1.807) is 67.5 Å². The van der Waals surface area contributed by atoms with Gasteiger partial charge in [-0.1, -0.05) is 5.16 Å². The van der Waals surface area contributed by atoms with Gasteiger partial charge in [0, 0.05) is 37.9 Å². The molecule has 1 amide bonds. The zero-order valence-electron chi connectivity index (χ0n) is 17.9. The van der Waals surface area contributed by atoms with E-state index in [1.807, 2.05) is 0 Å². The van der Waals surface area contributed by atoms with Crippen molar-refractivity contribution in [2.24, 2.45) is 0 Å². The second-order valence-electron chi connectivity index (χ2n) is 7.52. The molecule has 1 aliphatic heterocycles. The Bertz CT molecular complexity index is 1170. The van der Waals surface area contributed by atoms with Gasteiger partial charge in [0.05, 0.1) is 6.20 Å². The van der Waals surface area contributed by atoms with Gasteiger partial charge in [-0.2, -0.15) is 4.31 Å². The van der Waals surface area contributed by atoms with Crippen LogP contribution < -0.4 is 4.74 Å². The summed E-state index contributed by atoms with van der Waals surface area (Å²) in [4.78, 5) is 18.8. The van der Waals surface area contributed by atoms with E-state index >= 15 is 0 Å². The number of hydrogen-bond acceptors (Lipinski definition) is 7. The smallest absolute Gasteiger partial charge is 0.253 e. The normalized spacial score (nSPS) is 15.4. The van der Waals surface area contributed by atoms with Crippen molar-refractivity contribution in [3.05, 3.63) is 65.8 Å². The summed E-state index contributed by atoms with van der Waals surface area (Å²) in [6, 6.07) is 10.4. The van der Waals surface area contributed by atoms with Gasteiger partial charge in [-0.25, -0.2) is 8.42 Å². The van der Waals surface area contributed by atoms with E-state index in [0.717, 1.165) is 0 Å². The Morgan fingerprint density at radius 3 is 2.47 bits per heavy atom. The maximum atomic E-state index is 13.1. The van der Waals surface area contributed by atoms with Crippen molar-refractivity contribution < 1.29 is 22.5 Å². The topological polar surface area (TPSA) is 106 Å². The molecule has 0 bridgehead atoms. The predicted molar refractivity (Wildman–Crippen MR) is 116 cm³/mol. The van der Waals surface area contributed by atoms with Gasteiger partial charge < -0.3 is 14.2 Å². The summed E-state index contributed by atoms with van der Waals surface area (Å²) in [6.07, 6.45) is 3.81. The number of aryl methyl sites for hydroxylation is 2. The first kappa shape index (κ1) is 22.0. The fourth-order valence-corrected chi connectivity index (χ4v) is 5.46. The van der Waals surface area contributed by atoms with Crippen LogP contribution in [0.15, 0.2) is 58.2 Å². The average Bonchev–Trinajstić information content (AvgIpc) is 2.98. The van der Waals surface area contributed by atoms with E-state index in [1.165, 1.54) is 4.31 Å². The fourth-order valence-electron chi connectivity index (χ4n) is 3.70. The highest BCUT2D eigenvalue weighted by Crippen LogP contribution is 2.25. The maximum absolute atomic E-state index is 13.1. The molecule has 1 saturated heterocycles. The molecule has 3 heterocycles. The highest BCUT2D eigenvalue weighted by atomic mass is 32.2. The van der Waals surface area contributed by atoms with Crippen molar-refractivity contribution >= 4 is 15.9 Å². The number of pyridine rings is 1. The van der Waals surface area contributed by atoms with Crippen molar-refractivity contribution in [3.63, 3.8) is 0 Å². The van der Waals surface area contributed by atoms with Crippen molar-refractivity contribution in [3.8, 4) is 11.5 Å². The van der Waals surface area contributed by atoms with Gasteiger partial charge in [0.25, 0.3) is 5.91 Å². The van der Waals surface area contributed by atoms with Gasteiger partial charge in [0.15, 0.2) is 5.76 Å². The third kappa shape index (κ3) is 4.51. The number of amides is 1. The van der Waals surface area contributed by atoms with E-state index in [-0.39, 0.29) is 23.1 Å². The molecule has 1 fully saturated rings. The zero-order chi connectivity index (χ0) is 22.7. The van der Waals surface area contributed by atoms with Crippen molar-refractivity contribution in [2.45, 2.75) is 25.2 Å². The van der Waals surface area contributed by atoms with Gasteiger partial charge in [0.1, 0.15) is 22.1 Å². The third-order valence-corrected chi connectivity index (χ3v) is 7.42. The lowest BCUT2D eigenvalue weighted by atomic mass is 10.2. The molecule has 0 aliphatic carbocycles. The van der Waals surface area contributed by atoms with E-state index in [4.69, 9.17) is 9.26 Å². The molecule has 0 atom stereocenters. The van der Waals surface area contributed by atoms with Crippen molar-refractivity contribution in [2.75, 3.05) is 26.2 Å². The molecule has 3 aromatic rings. The minimum absolute atomic E-state index is 0.112. The molecule has 0 unspecified atom stereocenters. The summed E-state index contributed by atoms with van der Waals surface area (Å²) in [7, 11) is -3.74. The van der Waals surface area contributed by atoms with Crippen LogP contribution in [0, 0.1) is 13.8 Å². The molecule has 0 saturated carbocycles. The van der Waals surface area contributed by atoms with Crippen LogP contribution in [0.25, 0.3) is 0 Å². The second kappa shape index (κ2) is 9.09. The van der Waals surface area contributed by atoms with Crippen LogP contribution in [0.2, 0.25) is 0 Å². The largest absolute Gasteiger partial charge is 0.456 e. The predicted octanol–water partition coefficient (Wildman–Crippen LogP) is 3.02. The summed E-state index contributed by atoms with van der Waals surface area (Å²) < 4.78 is 38.3. The molecule has 1 aromatic carbocycles. The summed E-state index contributed by atoms with van der Waals surface area (Å²) in [5.74, 6) is 1.34. The minimum Gasteiger partial charge on any atom is -0.456 e. The highest BCUT2D eigenvalue weighted by molar-refractivity contribution is 7.89. The van der Waals surface area contributed by atoms with Crippen molar-refractivity contribution in [1.82, 2.24) is 19.3 Å². The maximum Gasteiger partial charge on any atom is 0.253 e. The second-order valence-corrected chi connectivity index (χ2v) is 9.39. The number of sulfonamides is 1. The molecular formula is C22H24N4O5S. The molecule has 0 radical (unpaired) electrons. The van der Waals surface area contributed by atoms with Crippen molar-refractivity contribution in [1.29, 1.82) is 0 Å². The Kier molecular flexibility index (Phi) is 6.24. The number of ether oxygens (including phenoxy) is 1. The molecule has 10 heteroatoms. The van der Waals surface area contributed by atoms with Gasteiger partial charge >= 0.3 is 0 Å². The molecular weight excluding hydrogens is 432 g/mol. The van der Waals surface area contributed by atoms with Crippen LogP contribution in [0.3, 0.4) is 0 Å². The standard InChI is InChI=1S/C22H24N4O5S/c1-16-21(17(2)31-24-16)32(28,29)26-12-4-11-25(13-14-26)22(27)18-6-8-19(9-7-18)30-20-5-3-10-23-15-20/h3,5-10,15H,4,11-14H2,1-2H3. The first-order chi connectivity index (χ1) is 15.4. The first-order valence-electron chi connectivity index (χ1n) is 10.3. The summed E-state index contributed by atoms with van der Waals surface area (Å²) in [6.45, 7) is 4.51. The lowest BCUT2D eigenvalue weighted by Gasteiger charge is -2.22. The van der Waals surface area contributed by atoms with E-state index in [0.29, 0.717) is 48.8 Å². The van der Waals surface area contributed by atoms with E-state index < -0.39 is 10.0 Å². The Hall–Kier alpha value is -3.24. The molecule has 0 spiro atoms. The van der Waals surface area contributed by atoms with E-state index in [2.05, 4.69) is 10.1 Å². The Labute approximate surface area is 186 Å². The molecule has 1 aliphatic rings. The number of aromatic nitrogens is 2. The molecule has 2 aromatic heterocycles. The fraction of sp³-hybridized carbons (Fsp3) is 0.318. The van der Waals surface area contributed by atoms with Crippen LogP contribution in [0.1, 0.15) is 28.2 Å². The van der Waals surface area contributed by atoms with Crippen LogP contribution in [0.5, 0.6) is 11.5 Å². The number of rotatable bonds is 5. The van der Waals surface area contributed by atoms with Gasteiger partial charge in [0.2, 0.25) is 10.0 Å². The first-order valence-corrected chi connectivity index (χ1v) is 11.7. The lowest BCUT2D eigenvalue weighted by Crippen LogP contribution is -2.37. The van der Waals surface area contributed by atoms with Gasteiger partial charge in [-0.3, -0.25) is 9.78 Å². The number of carbonyl (C=O) groups is 1. The van der Waals surface area contributed by atoms with E-state index in [9.17, 15) is 13.2 Å². The average molecular weight is 457 g/mol. The number of benzene rings is 1. The summed E-state index contributed by atoms with van der Waals surface area (Å²) in [5.41, 5.74) is 0.860. The third-order valence-electron chi connectivity index (χ3n) is 5.28. The number of carbonyl (C=O) groups excluding carboxylic acids is 1. The Morgan fingerprint density at radius 1 is 1.03 bits per heavy atom. The van der Waals surface area contributed by atoms with Crippen LogP contribution in [-0.2, 0) is 10.0 Å². The van der Waals surface area contributed by atoms with Gasteiger partial charge in [-0.05, 0) is 56.7 Å². The summed E-state index contributed by atoms with van der Waals surface area (Å²) in [5, 5.41) is 3.76. The van der Waals surface area contributed by atoms with Crippen LogP contribution in [-0.4, -0.2) is 59.8 Å². The monoisotopic (exact) mass is 456 g/mol. The molecule has 32 heavy (non-hydrogen) atoms. The van der Waals surface area contributed by atoms with Crippen LogP contribution >= 0.6 is 0 Å². The number of hydrogen-bond donors (Lipinski definition) is 0. The molecule has 168 valence electrons. The molecule has 0 N–H and O–H groups in total. The quantitative estimate of drug-likeness (QED) is 0.581. The Balaban J connectivity index is 1.42.